The van der Waals surface area contributed by atoms with Gasteiger partial charge in [-0.25, -0.2) is 0 Å². The first-order valence-electron chi connectivity index (χ1n) is 0.894. The molecule has 0 aliphatic rings. The summed E-state index contributed by atoms with van der Waals surface area (Å²) >= 11 is 0. The summed E-state index contributed by atoms with van der Waals surface area (Å²) < 4.78 is 0. The Bertz CT molecular complexity index is 57.9. The molecule has 0 aliphatic carbocycles. The van der Waals surface area contributed by atoms with Crippen molar-refractivity contribution in [3.05, 3.63) is 0 Å². The zero-order chi connectivity index (χ0) is 4.50. The van der Waals surface area contributed by atoms with Crippen LogP contribution in [0, 0.1) is 0 Å². The van der Waals surface area contributed by atoms with Gasteiger partial charge in [0.05, 0.1) is 0 Å². The second-order valence-corrected chi connectivity index (χ2v) is 1.80. The third kappa shape index (κ3) is 97.8. The summed E-state index contributed by atoms with van der Waals surface area (Å²) in [5.74, 6) is 0. The summed E-state index contributed by atoms with van der Waals surface area (Å²) in [5.41, 5.74) is 0. The largest absolute Gasteiger partial charge is 2.00 e. The molecule has 0 saturated carbocycles. The van der Waals surface area contributed by atoms with E-state index in [1.54, 1.807) is 0 Å². The Morgan fingerprint density at radius 2 is 1.00 bits per heavy atom. The SMILES string of the molecule is O.O[Si](O)(O)O.[AlH3].[Ca+2].[H-].[H-].[H-].[H-].[H-].[H-].[K+].[Mg+2].[Na+]. The van der Waals surface area contributed by atoms with Gasteiger partial charge in [0.1, 0.15) is 0 Å². The molecule has 0 heterocycles. The molecule has 0 aromatic heterocycles. The van der Waals surface area contributed by atoms with Crippen LogP contribution in [-0.2, 0) is 0 Å². The fourth-order valence-corrected chi connectivity index (χ4v) is 0. The predicted octanol–water partition coefficient (Wildman–Crippen LogP) is -10.7. The predicted molar refractivity (Wildman–Crippen MR) is 46.4 cm³/mol. The quantitative estimate of drug-likeness (QED) is 0.329. The maximum atomic E-state index is 7.33. The summed E-state index contributed by atoms with van der Waals surface area (Å²) in [6, 6.07) is 0. The smallest absolute Gasteiger partial charge is 1.00 e. The molecule has 0 radical (unpaired) electrons. The molecule has 11 heavy (non-hydrogen) atoms. The minimum absolute atomic E-state index is 0. The fraction of sp³-hybridized carbons (Fsp3) is 0. The Kier molecular flexibility index (Phi) is 98.2. The van der Waals surface area contributed by atoms with Crippen molar-refractivity contribution < 1.29 is 114 Å². The van der Waals surface area contributed by atoms with E-state index in [2.05, 4.69) is 0 Å². The van der Waals surface area contributed by atoms with Crippen LogP contribution in [0.1, 0.15) is 8.56 Å². The van der Waals surface area contributed by atoms with Crippen LogP contribution in [0.5, 0.6) is 0 Å². The van der Waals surface area contributed by atoms with Crippen LogP contribution in [0.4, 0.5) is 0 Å². The third-order valence-electron chi connectivity index (χ3n) is 0. The maximum absolute atomic E-state index is 7.33. The molecule has 0 spiro atoms. The van der Waals surface area contributed by atoms with Crippen molar-refractivity contribution >= 4 is 87.2 Å². The molecule has 0 amide bonds. The average molecular weight is 277 g/mol. The molecule has 0 aliphatic heterocycles. The molecule has 0 fully saturated rings. The second kappa shape index (κ2) is 24.4. The van der Waals surface area contributed by atoms with Crippen molar-refractivity contribution in [2.24, 2.45) is 0 Å². The first-order valence-corrected chi connectivity index (χ1v) is 2.68. The van der Waals surface area contributed by atoms with E-state index in [1.165, 1.54) is 0 Å². The van der Waals surface area contributed by atoms with Crippen LogP contribution >= 0.6 is 0 Å². The van der Waals surface area contributed by atoms with Crippen molar-refractivity contribution in [2.75, 3.05) is 0 Å². The molecule has 0 unspecified atom stereocenters. The van der Waals surface area contributed by atoms with Gasteiger partial charge < -0.3 is 33.2 Å². The first kappa shape index (κ1) is 44.2. The Labute approximate surface area is 196 Å². The van der Waals surface area contributed by atoms with Crippen LogP contribution in [0.3, 0.4) is 0 Å². The molecule has 0 aromatic rings. The van der Waals surface area contributed by atoms with Gasteiger partial charge in [-0.05, 0) is 0 Å². The van der Waals surface area contributed by atoms with E-state index in [4.69, 9.17) is 19.2 Å². The van der Waals surface area contributed by atoms with Crippen molar-refractivity contribution in [2.45, 2.75) is 0 Å². The molecule has 0 atom stereocenters. The van der Waals surface area contributed by atoms with Gasteiger partial charge in [-0.1, -0.05) is 0 Å². The van der Waals surface area contributed by atoms with Crippen LogP contribution in [-0.4, -0.2) is 112 Å². The van der Waals surface area contributed by atoms with Gasteiger partial charge in [0.25, 0.3) is 0 Å². The second-order valence-electron chi connectivity index (χ2n) is 0.600. The standard InChI is InChI=1S/Al.Ca.K.Mg.Na.H4O4Si.H2O.9H/c;;;;;1-5(2,3)4;;;;;;;;;;/h;;;;;1-4H;1H2;;;;;;;;;/q;+2;+1;+2;+1;;;;;;6*-1. The van der Waals surface area contributed by atoms with Gasteiger partial charge in [0.15, 0.2) is 17.4 Å². The van der Waals surface area contributed by atoms with Crippen LogP contribution < -0.4 is 80.9 Å². The Hall–Kier alpha value is 5.21. The summed E-state index contributed by atoms with van der Waals surface area (Å²) in [6.07, 6.45) is 0. The topological polar surface area (TPSA) is 112 Å². The first-order chi connectivity index (χ1) is 2.00. The minimum atomic E-state index is -4.61. The monoisotopic (exact) mass is 276 g/mol. The third-order valence-corrected chi connectivity index (χ3v) is 0. The molecule has 0 aromatic carbocycles. The molecule has 11 heteroatoms. The summed E-state index contributed by atoms with van der Waals surface area (Å²) in [6.45, 7) is 0. The average Bonchev–Trinajstić information content (AvgIpc) is 0.722. The number of hydrogen-bond acceptors (Lipinski definition) is 4. The summed E-state index contributed by atoms with van der Waals surface area (Å²) in [4.78, 5) is 29.3. The van der Waals surface area contributed by atoms with Crippen molar-refractivity contribution in [3.8, 4) is 0 Å². The van der Waals surface area contributed by atoms with E-state index in [0.717, 1.165) is 0 Å². The van der Waals surface area contributed by atoms with E-state index in [1.807, 2.05) is 0 Å². The number of rotatable bonds is 0. The van der Waals surface area contributed by atoms with Crippen molar-refractivity contribution in [1.82, 2.24) is 0 Å². The van der Waals surface area contributed by atoms with Gasteiger partial charge in [0.2, 0.25) is 0 Å². The van der Waals surface area contributed by atoms with Gasteiger partial charge in [-0.2, -0.15) is 0 Å². The molecule has 0 bridgehead atoms. The molecular weight excluding hydrogens is 262 g/mol. The van der Waals surface area contributed by atoms with Crippen LogP contribution in [0.25, 0.3) is 0 Å². The van der Waals surface area contributed by atoms with Crippen LogP contribution in [0.2, 0.25) is 0 Å². The molecule has 5 nitrogen and oxygen atoms in total. The zero-order valence-electron chi connectivity index (χ0n) is 12.2. The van der Waals surface area contributed by atoms with E-state index < -0.39 is 9.05 Å². The van der Waals surface area contributed by atoms with Gasteiger partial charge >= 0.3 is 151 Å². The van der Waals surface area contributed by atoms with Crippen molar-refractivity contribution in [1.29, 1.82) is 0 Å². The van der Waals surface area contributed by atoms with Crippen molar-refractivity contribution in [3.63, 3.8) is 0 Å². The molecule has 58 valence electrons. The van der Waals surface area contributed by atoms with E-state index >= 15 is 0 Å². The Balaban J connectivity index is -0.00000000121. The Morgan fingerprint density at radius 1 is 1.00 bits per heavy atom. The van der Waals surface area contributed by atoms with Gasteiger partial charge in [-0.3, -0.25) is 0 Å². The molecule has 0 rings (SSSR count). The summed E-state index contributed by atoms with van der Waals surface area (Å²) in [5, 5.41) is 0. The zero-order valence-corrected chi connectivity index (χ0v) is 15.9. The normalized spacial score (nSPS) is 5.45. The van der Waals surface area contributed by atoms with Gasteiger partial charge in [0, 0.05) is 0 Å². The van der Waals surface area contributed by atoms with E-state index in [0.29, 0.717) is 0 Å². The molecule has 0 saturated heterocycles. The summed E-state index contributed by atoms with van der Waals surface area (Å²) in [7, 11) is -4.61. The maximum Gasteiger partial charge on any atom is 2.00 e. The Morgan fingerprint density at radius 3 is 1.00 bits per heavy atom. The molecule has 6 N–H and O–H groups in total. The van der Waals surface area contributed by atoms with E-state index in [-0.39, 0.29) is 173 Å². The van der Waals surface area contributed by atoms with E-state index in [9.17, 15) is 0 Å². The number of hydrogen-bond donors (Lipinski definition) is 4. The minimum Gasteiger partial charge on any atom is -1.00 e. The fourth-order valence-electron chi connectivity index (χ4n) is 0. The molecular formula is H15AlCaKMgNaO5Si. The van der Waals surface area contributed by atoms with Crippen LogP contribution in [0.15, 0.2) is 0 Å². The van der Waals surface area contributed by atoms with Gasteiger partial charge in [-0.15, -0.1) is 0 Å².